The Kier molecular flexibility index (Phi) is 15.1. The van der Waals surface area contributed by atoms with Gasteiger partial charge in [0.05, 0.1) is 12.2 Å². The van der Waals surface area contributed by atoms with Crippen LogP contribution in [0.2, 0.25) is 0 Å². The molecule has 0 saturated heterocycles. The summed E-state index contributed by atoms with van der Waals surface area (Å²) < 4.78 is 0. The van der Waals surface area contributed by atoms with Crippen molar-refractivity contribution in [3.05, 3.63) is 24.3 Å². The van der Waals surface area contributed by atoms with E-state index in [1.165, 1.54) is 25.7 Å². The minimum absolute atomic E-state index is 0. The molecule has 1 radical (unpaired) electrons. The van der Waals surface area contributed by atoms with Crippen LogP contribution >= 0.6 is 0 Å². The average Bonchev–Trinajstić information content (AvgIpc) is 1.99. The van der Waals surface area contributed by atoms with E-state index < -0.39 is 0 Å². The van der Waals surface area contributed by atoms with Crippen molar-refractivity contribution in [3.63, 3.8) is 0 Å². The molecule has 0 aromatic carbocycles. The first-order valence-corrected chi connectivity index (χ1v) is 5.79. The molecule has 0 aliphatic heterocycles. The van der Waals surface area contributed by atoms with Gasteiger partial charge < -0.3 is 10.2 Å². The van der Waals surface area contributed by atoms with Gasteiger partial charge in [-0.25, -0.2) is 0 Å². The Morgan fingerprint density at radius 3 is 1.19 bits per heavy atom. The SMILES string of the molecule is C1=C\CC/C=C\CC/1.CC(O)CC(C)O.[Ir]. The van der Waals surface area contributed by atoms with Crippen LogP contribution in [0.4, 0.5) is 0 Å². The fourth-order valence-corrected chi connectivity index (χ4v) is 1.35. The maximum absolute atomic E-state index is 8.56. The minimum Gasteiger partial charge on any atom is -0.393 e. The van der Waals surface area contributed by atoms with Gasteiger partial charge in [0.2, 0.25) is 0 Å². The molecule has 0 heterocycles. The van der Waals surface area contributed by atoms with Crippen LogP contribution in [0.15, 0.2) is 24.3 Å². The van der Waals surface area contributed by atoms with Gasteiger partial charge in [-0.15, -0.1) is 0 Å². The summed E-state index contributed by atoms with van der Waals surface area (Å²) in [4.78, 5) is 0. The molecule has 2 N–H and O–H groups in total. The van der Waals surface area contributed by atoms with Gasteiger partial charge in [0.1, 0.15) is 0 Å². The van der Waals surface area contributed by atoms with Gasteiger partial charge in [0.25, 0.3) is 0 Å². The molecule has 2 nitrogen and oxygen atoms in total. The van der Waals surface area contributed by atoms with Gasteiger partial charge in [-0.05, 0) is 46.0 Å². The van der Waals surface area contributed by atoms with Crippen molar-refractivity contribution >= 4 is 0 Å². The van der Waals surface area contributed by atoms with Crippen LogP contribution in [-0.2, 0) is 20.1 Å². The van der Waals surface area contributed by atoms with Crippen molar-refractivity contribution in [1.82, 2.24) is 0 Å². The quantitative estimate of drug-likeness (QED) is 0.695. The summed E-state index contributed by atoms with van der Waals surface area (Å²) in [6.45, 7) is 3.32. The van der Waals surface area contributed by atoms with Crippen molar-refractivity contribution in [1.29, 1.82) is 0 Å². The number of aliphatic hydroxyl groups excluding tert-OH is 2. The van der Waals surface area contributed by atoms with Crippen LogP contribution in [0.3, 0.4) is 0 Å². The van der Waals surface area contributed by atoms with Crippen LogP contribution in [0.1, 0.15) is 46.0 Å². The van der Waals surface area contributed by atoms with Gasteiger partial charge >= 0.3 is 0 Å². The van der Waals surface area contributed by atoms with Crippen LogP contribution in [-0.4, -0.2) is 22.4 Å². The molecule has 0 fully saturated rings. The maximum atomic E-state index is 8.56. The van der Waals surface area contributed by atoms with Gasteiger partial charge in [-0.1, -0.05) is 24.3 Å². The number of hydrogen-bond acceptors (Lipinski definition) is 2. The minimum atomic E-state index is -0.375. The molecule has 3 heteroatoms. The Morgan fingerprint density at radius 1 is 0.812 bits per heavy atom. The van der Waals surface area contributed by atoms with E-state index in [9.17, 15) is 0 Å². The van der Waals surface area contributed by atoms with Crippen LogP contribution in [0.5, 0.6) is 0 Å². The van der Waals surface area contributed by atoms with Crippen LogP contribution in [0, 0.1) is 0 Å². The van der Waals surface area contributed by atoms with E-state index in [4.69, 9.17) is 10.2 Å². The first-order chi connectivity index (χ1) is 7.13. The van der Waals surface area contributed by atoms with Crippen molar-refractivity contribution in [2.75, 3.05) is 0 Å². The predicted molar refractivity (Wildman–Crippen MR) is 64.7 cm³/mol. The molecule has 0 spiro atoms. The third-order valence-corrected chi connectivity index (χ3v) is 2.02. The van der Waals surface area contributed by atoms with Gasteiger partial charge in [-0.3, -0.25) is 0 Å². The zero-order valence-corrected chi connectivity index (χ0v) is 12.6. The van der Waals surface area contributed by atoms with E-state index in [0.29, 0.717) is 6.42 Å². The van der Waals surface area contributed by atoms with Crippen molar-refractivity contribution in [2.45, 2.75) is 58.2 Å². The molecule has 97 valence electrons. The average molecular weight is 405 g/mol. The van der Waals surface area contributed by atoms with E-state index in [2.05, 4.69) is 24.3 Å². The second-order valence-electron chi connectivity index (χ2n) is 4.03. The second kappa shape index (κ2) is 13.1. The molecule has 0 saturated carbocycles. The molecule has 1 aliphatic carbocycles. The summed E-state index contributed by atoms with van der Waals surface area (Å²) in [5.41, 5.74) is 0. The summed E-state index contributed by atoms with van der Waals surface area (Å²) in [6.07, 6.45) is 13.7. The van der Waals surface area contributed by atoms with E-state index in [0.717, 1.165) is 0 Å². The second-order valence-corrected chi connectivity index (χ2v) is 4.03. The summed E-state index contributed by atoms with van der Waals surface area (Å²) in [5, 5.41) is 17.1. The molecule has 0 aromatic heterocycles. The van der Waals surface area contributed by atoms with E-state index >= 15 is 0 Å². The topological polar surface area (TPSA) is 40.5 Å². The van der Waals surface area contributed by atoms with Crippen molar-refractivity contribution in [3.8, 4) is 0 Å². The molecular weight excluding hydrogens is 380 g/mol. The molecular formula is C13H24IrO2. The zero-order chi connectivity index (χ0) is 11.5. The molecule has 0 amide bonds. The largest absolute Gasteiger partial charge is 0.393 e. The fraction of sp³-hybridized carbons (Fsp3) is 0.692. The first kappa shape index (κ1) is 18.4. The molecule has 16 heavy (non-hydrogen) atoms. The number of rotatable bonds is 2. The molecule has 1 aliphatic rings. The Morgan fingerprint density at radius 2 is 1.06 bits per heavy atom. The smallest absolute Gasteiger partial charge is 0.0536 e. The standard InChI is InChI=1S/C8H12.C5H12O2.Ir/c1-2-4-6-8-7-5-3-1;1-4(6)3-5(2)7;/h1-2,7-8H,3-6H2;4-7H,3H2,1-2H3;/b2-1-,8-7-;;. The van der Waals surface area contributed by atoms with Gasteiger partial charge in [-0.2, -0.15) is 0 Å². The molecule has 2 unspecified atom stereocenters. The molecule has 2 atom stereocenters. The first-order valence-electron chi connectivity index (χ1n) is 5.79. The van der Waals surface area contributed by atoms with E-state index in [1.54, 1.807) is 13.8 Å². The summed E-state index contributed by atoms with van der Waals surface area (Å²) in [7, 11) is 0. The molecule has 0 bridgehead atoms. The Bertz CT molecular complexity index is 154. The monoisotopic (exact) mass is 405 g/mol. The van der Waals surface area contributed by atoms with E-state index in [-0.39, 0.29) is 32.3 Å². The fourth-order valence-electron chi connectivity index (χ4n) is 1.35. The zero-order valence-electron chi connectivity index (χ0n) is 10.2. The molecule has 0 aromatic rings. The van der Waals surface area contributed by atoms with Crippen LogP contribution < -0.4 is 0 Å². The maximum Gasteiger partial charge on any atom is 0.0536 e. The Hall–Kier alpha value is 0.0494. The Labute approximate surface area is 113 Å². The number of allylic oxidation sites excluding steroid dienone is 4. The third-order valence-electron chi connectivity index (χ3n) is 2.02. The normalized spacial score (nSPS) is 22.2. The van der Waals surface area contributed by atoms with E-state index in [1.807, 2.05) is 0 Å². The third kappa shape index (κ3) is 16.5. The molecule has 1 rings (SSSR count). The number of hydrogen-bond donors (Lipinski definition) is 2. The number of aliphatic hydroxyl groups is 2. The summed E-state index contributed by atoms with van der Waals surface area (Å²) in [5.74, 6) is 0. The van der Waals surface area contributed by atoms with Crippen molar-refractivity contribution < 1.29 is 30.3 Å². The van der Waals surface area contributed by atoms with Gasteiger partial charge in [0, 0.05) is 20.1 Å². The van der Waals surface area contributed by atoms with Gasteiger partial charge in [0.15, 0.2) is 0 Å². The van der Waals surface area contributed by atoms with Crippen LogP contribution in [0.25, 0.3) is 0 Å². The summed E-state index contributed by atoms with van der Waals surface area (Å²) in [6, 6.07) is 0. The summed E-state index contributed by atoms with van der Waals surface area (Å²) >= 11 is 0. The van der Waals surface area contributed by atoms with Crippen molar-refractivity contribution in [2.24, 2.45) is 0 Å². The predicted octanol–water partition coefficient (Wildman–Crippen LogP) is 2.81. The Balaban J connectivity index is 0.